The van der Waals surface area contributed by atoms with E-state index in [1.54, 1.807) is 0 Å². The molecule has 0 atom stereocenters. The van der Waals surface area contributed by atoms with Gasteiger partial charge in [0.2, 0.25) is 0 Å². The van der Waals surface area contributed by atoms with Crippen LogP contribution in [0.5, 0.6) is 0 Å². The molecule has 12 heavy (non-hydrogen) atoms. The van der Waals surface area contributed by atoms with Gasteiger partial charge in [-0.2, -0.15) is 11.8 Å². The molecule has 0 unspecified atom stereocenters. The minimum absolute atomic E-state index is 0.235. The maximum absolute atomic E-state index is 8.46. The topological polar surface area (TPSA) is 29.5 Å². The summed E-state index contributed by atoms with van der Waals surface area (Å²) >= 11 is 1.93. The highest BCUT2D eigenvalue weighted by molar-refractivity contribution is 7.99. The van der Waals surface area contributed by atoms with Gasteiger partial charge < -0.3 is 9.84 Å². The lowest BCUT2D eigenvalue weighted by molar-refractivity contribution is 0.129. The first-order chi connectivity index (χ1) is 5.77. The number of hydrogen-bond acceptors (Lipinski definition) is 3. The van der Waals surface area contributed by atoms with Crippen LogP contribution in [0, 0.1) is 5.92 Å². The zero-order chi connectivity index (χ0) is 9.23. The first kappa shape index (κ1) is 12.3. The molecule has 0 saturated heterocycles. The molecule has 0 rings (SSSR count). The highest BCUT2D eigenvalue weighted by Crippen LogP contribution is 2.06. The van der Waals surface area contributed by atoms with E-state index < -0.39 is 0 Å². The third-order valence-corrected chi connectivity index (χ3v) is 2.63. The first-order valence-electron chi connectivity index (χ1n) is 4.53. The summed E-state index contributed by atoms with van der Waals surface area (Å²) in [5, 5.41) is 8.46. The molecule has 2 nitrogen and oxygen atoms in total. The van der Waals surface area contributed by atoms with Crippen LogP contribution in [0.1, 0.15) is 20.3 Å². The van der Waals surface area contributed by atoms with E-state index in [0.29, 0.717) is 6.61 Å². The predicted octanol–water partition coefficient (Wildman–Crippen LogP) is 1.77. The molecule has 0 amide bonds. The van der Waals surface area contributed by atoms with Gasteiger partial charge in [0.1, 0.15) is 0 Å². The molecule has 0 heterocycles. The number of ether oxygens (including phenoxy) is 1. The van der Waals surface area contributed by atoms with Crippen molar-refractivity contribution in [2.75, 3.05) is 31.3 Å². The zero-order valence-electron chi connectivity index (χ0n) is 8.08. The molecule has 0 fully saturated rings. The highest BCUT2D eigenvalue weighted by Gasteiger charge is 1.93. The molecular weight excluding hydrogens is 172 g/mol. The second-order valence-electron chi connectivity index (χ2n) is 3.16. The van der Waals surface area contributed by atoms with Crippen molar-refractivity contribution in [2.45, 2.75) is 20.3 Å². The minimum atomic E-state index is 0.235. The summed E-state index contributed by atoms with van der Waals surface area (Å²) in [6.45, 7) is 6.19. The Balaban J connectivity index is 2.82. The van der Waals surface area contributed by atoms with Crippen molar-refractivity contribution >= 4 is 11.8 Å². The maximum Gasteiger partial charge on any atom is 0.0556 e. The van der Waals surface area contributed by atoms with Crippen LogP contribution in [-0.2, 0) is 4.74 Å². The molecule has 0 aliphatic heterocycles. The average Bonchev–Trinajstić information content (AvgIpc) is 2.02. The Hall–Kier alpha value is 0.270. The molecule has 0 aromatic rings. The third kappa shape index (κ3) is 10.3. The number of hydrogen-bond donors (Lipinski definition) is 1. The lowest BCUT2D eigenvalue weighted by Gasteiger charge is -2.04. The van der Waals surface area contributed by atoms with Crippen LogP contribution in [0.3, 0.4) is 0 Å². The van der Waals surface area contributed by atoms with Crippen molar-refractivity contribution < 1.29 is 9.84 Å². The molecule has 0 saturated carbocycles. The Kier molecular flexibility index (Phi) is 9.57. The fourth-order valence-electron chi connectivity index (χ4n) is 0.706. The van der Waals surface area contributed by atoms with Gasteiger partial charge in [-0.05, 0) is 18.1 Å². The number of rotatable bonds is 8. The Bertz CT molecular complexity index is 86.6. The van der Waals surface area contributed by atoms with E-state index in [2.05, 4.69) is 13.8 Å². The Morgan fingerprint density at radius 2 is 2.08 bits per heavy atom. The maximum atomic E-state index is 8.46. The van der Waals surface area contributed by atoms with Gasteiger partial charge in [0.15, 0.2) is 0 Å². The Labute approximate surface area is 79.7 Å². The molecular formula is C9H20O2S. The van der Waals surface area contributed by atoms with E-state index in [-0.39, 0.29) is 6.61 Å². The Morgan fingerprint density at radius 1 is 1.33 bits per heavy atom. The summed E-state index contributed by atoms with van der Waals surface area (Å²) in [7, 11) is 0. The van der Waals surface area contributed by atoms with Crippen molar-refractivity contribution in [1.29, 1.82) is 0 Å². The number of aliphatic hydroxyl groups excluding tert-OH is 1. The molecule has 0 aliphatic carbocycles. The monoisotopic (exact) mass is 192 g/mol. The SMILES string of the molecule is CC(C)CSCCOCCCO. The van der Waals surface area contributed by atoms with Crippen LogP contribution >= 0.6 is 11.8 Å². The molecule has 0 bridgehead atoms. The van der Waals surface area contributed by atoms with E-state index in [4.69, 9.17) is 9.84 Å². The van der Waals surface area contributed by atoms with Crippen LogP contribution in [0.2, 0.25) is 0 Å². The van der Waals surface area contributed by atoms with Crippen LogP contribution in [0.25, 0.3) is 0 Å². The fraction of sp³-hybridized carbons (Fsp3) is 1.00. The van der Waals surface area contributed by atoms with Crippen molar-refractivity contribution in [2.24, 2.45) is 5.92 Å². The molecule has 0 spiro atoms. The van der Waals surface area contributed by atoms with Gasteiger partial charge in [-0.15, -0.1) is 0 Å². The molecule has 0 aliphatic rings. The molecule has 0 aromatic carbocycles. The van der Waals surface area contributed by atoms with E-state index in [9.17, 15) is 0 Å². The van der Waals surface area contributed by atoms with Crippen molar-refractivity contribution in [3.63, 3.8) is 0 Å². The Morgan fingerprint density at radius 3 is 2.67 bits per heavy atom. The van der Waals surface area contributed by atoms with E-state index in [1.807, 2.05) is 11.8 Å². The summed E-state index contributed by atoms with van der Waals surface area (Å²) in [5.74, 6) is 3.06. The van der Waals surface area contributed by atoms with E-state index in [1.165, 1.54) is 5.75 Å². The third-order valence-electron chi connectivity index (χ3n) is 1.27. The van der Waals surface area contributed by atoms with Gasteiger partial charge >= 0.3 is 0 Å². The van der Waals surface area contributed by atoms with Gasteiger partial charge in [-0.3, -0.25) is 0 Å². The largest absolute Gasteiger partial charge is 0.396 e. The second-order valence-corrected chi connectivity index (χ2v) is 4.31. The van der Waals surface area contributed by atoms with Crippen LogP contribution in [0.4, 0.5) is 0 Å². The summed E-state index contributed by atoms with van der Waals surface area (Å²) in [4.78, 5) is 0. The summed E-state index contributed by atoms with van der Waals surface area (Å²) < 4.78 is 5.28. The highest BCUT2D eigenvalue weighted by atomic mass is 32.2. The molecule has 0 aromatic heterocycles. The number of aliphatic hydroxyl groups is 1. The molecule has 74 valence electrons. The fourth-order valence-corrected chi connectivity index (χ4v) is 1.58. The summed E-state index contributed by atoms with van der Waals surface area (Å²) in [6, 6.07) is 0. The zero-order valence-corrected chi connectivity index (χ0v) is 8.90. The van der Waals surface area contributed by atoms with Gasteiger partial charge in [0.05, 0.1) is 6.61 Å². The summed E-state index contributed by atoms with van der Waals surface area (Å²) in [5.41, 5.74) is 0. The standard InChI is InChI=1S/C9H20O2S/c1-9(2)8-12-7-6-11-5-3-4-10/h9-10H,3-8H2,1-2H3. The summed E-state index contributed by atoms with van der Waals surface area (Å²) in [6.07, 6.45) is 0.759. The van der Waals surface area contributed by atoms with Crippen LogP contribution in [-0.4, -0.2) is 36.4 Å². The van der Waals surface area contributed by atoms with Crippen LogP contribution in [0.15, 0.2) is 0 Å². The lowest BCUT2D eigenvalue weighted by Crippen LogP contribution is -2.02. The first-order valence-corrected chi connectivity index (χ1v) is 5.69. The van der Waals surface area contributed by atoms with Crippen molar-refractivity contribution in [3.8, 4) is 0 Å². The average molecular weight is 192 g/mol. The van der Waals surface area contributed by atoms with Crippen LogP contribution < -0.4 is 0 Å². The van der Waals surface area contributed by atoms with Crippen molar-refractivity contribution in [1.82, 2.24) is 0 Å². The molecule has 3 heteroatoms. The minimum Gasteiger partial charge on any atom is -0.396 e. The predicted molar refractivity (Wildman–Crippen MR) is 54.7 cm³/mol. The van der Waals surface area contributed by atoms with Gasteiger partial charge in [0.25, 0.3) is 0 Å². The molecule has 1 N–H and O–H groups in total. The lowest BCUT2D eigenvalue weighted by atomic mass is 10.3. The smallest absolute Gasteiger partial charge is 0.0556 e. The normalized spacial score (nSPS) is 11.0. The van der Waals surface area contributed by atoms with Gasteiger partial charge in [0, 0.05) is 19.0 Å². The van der Waals surface area contributed by atoms with E-state index in [0.717, 1.165) is 24.7 Å². The molecule has 0 radical (unpaired) electrons. The van der Waals surface area contributed by atoms with E-state index >= 15 is 0 Å². The van der Waals surface area contributed by atoms with Gasteiger partial charge in [-0.25, -0.2) is 0 Å². The van der Waals surface area contributed by atoms with Gasteiger partial charge in [-0.1, -0.05) is 13.8 Å². The van der Waals surface area contributed by atoms with Crippen molar-refractivity contribution in [3.05, 3.63) is 0 Å². The quantitative estimate of drug-likeness (QED) is 0.594. The number of thioether (sulfide) groups is 1. The second kappa shape index (κ2) is 9.36.